The third-order valence-electron chi connectivity index (χ3n) is 10.1. The van der Waals surface area contributed by atoms with E-state index in [9.17, 15) is 0 Å². The van der Waals surface area contributed by atoms with Gasteiger partial charge in [0.1, 0.15) is 0 Å². The van der Waals surface area contributed by atoms with Crippen LogP contribution in [0.2, 0.25) is 0 Å². The van der Waals surface area contributed by atoms with Crippen LogP contribution >= 0.6 is 0 Å². The lowest BCUT2D eigenvalue weighted by molar-refractivity contribution is 0.666. The summed E-state index contributed by atoms with van der Waals surface area (Å²) in [5.74, 6) is 1.96. The van der Waals surface area contributed by atoms with E-state index in [1.165, 1.54) is 44.1 Å². The normalized spacial score (nSPS) is 13.3. The maximum atomic E-state index is 5.07. The fourth-order valence-corrected chi connectivity index (χ4v) is 7.81. The van der Waals surface area contributed by atoms with Gasteiger partial charge in [0.2, 0.25) is 0 Å². The predicted molar refractivity (Wildman–Crippen MR) is 207 cm³/mol. The lowest BCUT2D eigenvalue weighted by Gasteiger charge is -2.22. The molecular weight excluding hydrogens is 609 g/mol. The molecule has 0 aliphatic heterocycles. The number of hydrogen-bond acceptors (Lipinski definition) is 3. The van der Waals surface area contributed by atoms with Gasteiger partial charge in [0.05, 0.1) is 11.0 Å². The van der Waals surface area contributed by atoms with Crippen molar-refractivity contribution in [1.82, 2.24) is 19.5 Å². The molecule has 0 N–H and O–H groups in total. The Balaban J connectivity index is 1.27. The predicted octanol–water partition coefficient (Wildman–Crippen LogP) is 11.7. The molecule has 6 aromatic carbocycles. The highest BCUT2D eigenvalue weighted by atomic mass is 15.0. The molecular formula is C46H36N4. The second kappa shape index (κ2) is 11.8. The van der Waals surface area contributed by atoms with Crippen molar-refractivity contribution >= 4 is 27.9 Å². The number of benzene rings is 6. The van der Waals surface area contributed by atoms with Crippen LogP contribution in [0.5, 0.6) is 0 Å². The summed E-state index contributed by atoms with van der Waals surface area (Å²) in [6.45, 7) is 6.90. The van der Waals surface area contributed by atoms with Crippen molar-refractivity contribution in [2.45, 2.75) is 32.6 Å². The van der Waals surface area contributed by atoms with Crippen molar-refractivity contribution in [1.29, 1.82) is 0 Å². The molecule has 240 valence electrons. The molecule has 1 aliphatic rings. The first-order valence-corrected chi connectivity index (χ1v) is 17.4. The summed E-state index contributed by atoms with van der Waals surface area (Å²) in [6, 6.07) is 49.3. The molecule has 50 heavy (non-hydrogen) atoms. The SMILES string of the molecule is CC/C=C/c1cc(-n2c3ccccc3c3c4c(ccc32)-c2ccccc2C4(C)C)ccc1-c1nc(-c2ccccc2)nc(-c2ccccc2)n1. The first kappa shape index (κ1) is 30.0. The van der Waals surface area contributed by atoms with Crippen LogP contribution < -0.4 is 0 Å². The van der Waals surface area contributed by atoms with E-state index >= 15 is 0 Å². The van der Waals surface area contributed by atoms with Crippen LogP contribution in [0, 0.1) is 0 Å². The minimum Gasteiger partial charge on any atom is -0.309 e. The van der Waals surface area contributed by atoms with E-state index in [1.807, 2.05) is 60.7 Å². The minimum absolute atomic E-state index is 0.120. The standard InChI is InChI=1S/C46H36N4/c1-4-5-16-32-29-33(25-26-34(32)45-48-43(30-17-8-6-9-18-30)47-44(49-45)31-19-10-7-11-20-31)50-39-24-15-13-22-37(39)41-40(50)28-27-36-35-21-12-14-23-38(35)46(2,3)42(36)41/h5-29H,4H2,1-3H3/b16-5+. The third-order valence-corrected chi connectivity index (χ3v) is 10.1. The largest absolute Gasteiger partial charge is 0.309 e. The van der Waals surface area contributed by atoms with Gasteiger partial charge in [-0.2, -0.15) is 0 Å². The van der Waals surface area contributed by atoms with E-state index in [4.69, 9.17) is 15.0 Å². The molecule has 2 aromatic heterocycles. The highest BCUT2D eigenvalue weighted by Gasteiger charge is 2.38. The van der Waals surface area contributed by atoms with E-state index in [2.05, 4.69) is 116 Å². The number of hydrogen-bond donors (Lipinski definition) is 0. The maximum Gasteiger partial charge on any atom is 0.164 e. The number of para-hydroxylation sites is 1. The monoisotopic (exact) mass is 644 g/mol. The Hall–Kier alpha value is -6.13. The van der Waals surface area contributed by atoms with Crippen molar-refractivity contribution in [2.75, 3.05) is 0 Å². The molecule has 1 aliphatic carbocycles. The van der Waals surface area contributed by atoms with E-state index < -0.39 is 0 Å². The minimum atomic E-state index is -0.120. The smallest absolute Gasteiger partial charge is 0.164 e. The summed E-state index contributed by atoms with van der Waals surface area (Å²) in [5.41, 5.74) is 12.8. The zero-order valence-corrected chi connectivity index (χ0v) is 28.4. The van der Waals surface area contributed by atoms with Crippen LogP contribution in [-0.2, 0) is 5.41 Å². The molecule has 0 saturated carbocycles. The Morgan fingerprint density at radius 1 is 0.580 bits per heavy atom. The van der Waals surface area contributed by atoms with Gasteiger partial charge in [0.25, 0.3) is 0 Å². The summed E-state index contributed by atoms with van der Waals surface area (Å²) >= 11 is 0. The Morgan fingerprint density at radius 2 is 1.20 bits per heavy atom. The quantitative estimate of drug-likeness (QED) is 0.181. The molecule has 0 unspecified atom stereocenters. The lowest BCUT2D eigenvalue weighted by atomic mass is 9.80. The molecule has 0 bridgehead atoms. The maximum absolute atomic E-state index is 5.07. The second-order valence-electron chi connectivity index (χ2n) is 13.5. The summed E-state index contributed by atoms with van der Waals surface area (Å²) < 4.78 is 2.43. The number of rotatable bonds is 6. The Labute approximate surface area is 292 Å². The van der Waals surface area contributed by atoms with E-state index in [0.717, 1.165) is 34.4 Å². The Morgan fingerprint density at radius 3 is 1.92 bits per heavy atom. The summed E-state index contributed by atoms with van der Waals surface area (Å²) in [4.78, 5) is 15.1. The van der Waals surface area contributed by atoms with Crippen LogP contribution in [0.15, 0.2) is 146 Å². The third kappa shape index (κ3) is 4.71. The van der Waals surface area contributed by atoms with E-state index in [1.54, 1.807) is 0 Å². The fraction of sp³-hybridized carbons (Fsp3) is 0.109. The zero-order chi connectivity index (χ0) is 33.8. The molecule has 2 heterocycles. The molecule has 0 atom stereocenters. The highest BCUT2D eigenvalue weighted by Crippen LogP contribution is 2.53. The van der Waals surface area contributed by atoms with Gasteiger partial charge < -0.3 is 4.57 Å². The first-order valence-electron chi connectivity index (χ1n) is 17.4. The summed E-state index contributed by atoms with van der Waals surface area (Å²) in [7, 11) is 0. The molecule has 4 nitrogen and oxygen atoms in total. The van der Waals surface area contributed by atoms with Gasteiger partial charge in [-0.05, 0) is 64.6 Å². The van der Waals surface area contributed by atoms with Crippen LogP contribution in [0.4, 0.5) is 0 Å². The van der Waals surface area contributed by atoms with Crippen molar-refractivity contribution in [3.63, 3.8) is 0 Å². The molecule has 0 saturated heterocycles. The number of nitrogens with zero attached hydrogens (tertiary/aromatic N) is 4. The van der Waals surface area contributed by atoms with Gasteiger partial charge >= 0.3 is 0 Å². The van der Waals surface area contributed by atoms with Crippen molar-refractivity contribution < 1.29 is 0 Å². The number of aromatic nitrogens is 4. The van der Waals surface area contributed by atoms with Gasteiger partial charge in [0.15, 0.2) is 17.5 Å². The number of fused-ring (bicyclic) bond motifs is 7. The van der Waals surface area contributed by atoms with Crippen molar-refractivity contribution in [2.24, 2.45) is 0 Å². The topological polar surface area (TPSA) is 43.6 Å². The molecule has 4 heteroatoms. The van der Waals surface area contributed by atoms with Crippen LogP contribution in [0.3, 0.4) is 0 Å². The van der Waals surface area contributed by atoms with E-state index in [-0.39, 0.29) is 5.41 Å². The first-order chi connectivity index (χ1) is 24.5. The van der Waals surface area contributed by atoms with Crippen LogP contribution in [-0.4, -0.2) is 19.5 Å². The molecule has 9 rings (SSSR count). The Bertz CT molecular complexity index is 2540. The van der Waals surface area contributed by atoms with Gasteiger partial charge in [-0.3, -0.25) is 0 Å². The second-order valence-corrected chi connectivity index (χ2v) is 13.5. The summed E-state index contributed by atoms with van der Waals surface area (Å²) in [5, 5.41) is 2.60. The molecule has 0 spiro atoms. The van der Waals surface area contributed by atoms with Gasteiger partial charge in [-0.25, -0.2) is 15.0 Å². The van der Waals surface area contributed by atoms with Gasteiger partial charge in [-0.1, -0.05) is 142 Å². The van der Waals surface area contributed by atoms with Crippen molar-refractivity contribution in [3.05, 3.63) is 162 Å². The average Bonchev–Trinajstić information content (AvgIpc) is 3.63. The molecule has 0 fully saturated rings. The lowest BCUT2D eigenvalue weighted by Crippen LogP contribution is -2.15. The van der Waals surface area contributed by atoms with Gasteiger partial charge in [-0.15, -0.1) is 0 Å². The zero-order valence-electron chi connectivity index (χ0n) is 28.4. The van der Waals surface area contributed by atoms with Crippen LogP contribution in [0.1, 0.15) is 43.9 Å². The number of allylic oxidation sites excluding steroid dienone is 1. The average molecular weight is 645 g/mol. The highest BCUT2D eigenvalue weighted by molar-refractivity contribution is 6.14. The fourth-order valence-electron chi connectivity index (χ4n) is 7.81. The summed E-state index contributed by atoms with van der Waals surface area (Å²) in [6.07, 6.45) is 5.33. The van der Waals surface area contributed by atoms with Crippen molar-refractivity contribution in [3.8, 4) is 51.0 Å². The molecule has 8 aromatic rings. The van der Waals surface area contributed by atoms with E-state index in [0.29, 0.717) is 17.5 Å². The van der Waals surface area contributed by atoms with Gasteiger partial charge in [0, 0.05) is 38.6 Å². The van der Waals surface area contributed by atoms with Crippen LogP contribution in [0.25, 0.3) is 78.9 Å². The Kier molecular flexibility index (Phi) is 7.06. The molecule has 0 radical (unpaired) electrons. The molecule has 0 amide bonds.